The van der Waals surface area contributed by atoms with Gasteiger partial charge in [-0.05, 0) is 29.8 Å². The molecule has 3 aromatic rings. The zero-order valence-corrected chi connectivity index (χ0v) is 14.0. The first-order valence-corrected chi connectivity index (χ1v) is 8.27. The zero-order valence-electron chi connectivity index (χ0n) is 11.7. The number of aromatic nitrogens is 4. The summed E-state index contributed by atoms with van der Waals surface area (Å²) in [4.78, 5) is 4.29. The number of hydrogen-bond acceptors (Lipinski definition) is 4. The molecule has 0 aliphatic carbocycles. The summed E-state index contributed by atoms with van der Waals surface area (Å²) >= 11 is 13.9. The van der Waals surface area contributed by atoms with Gasteiger partial charge in [0, 0.05) is 29.0 Å². The maximum atomic E-state index is 6.19. The number of benzene rings is 1. The molecule has 0 saturated carbocycles. The molecule has 2 heterocycles. The number of rotatable bonds is 4. The average molecular weight is 351 g/mol. The second-order valence-electron chi connectivity index (χ2n) is 4.57. The number of pyridine rings is 1. The van der Waals surface area contributed by atoms with Crippen molar-refractivity contribution in [1.29, 1.82) is 0 Å². The van der Waals surface area contributed by atoms with Gasteiger partial charge in [0.2, 0.25) is 0 Å². The number of hydrogen-bond donors (Lipinski definition) is 0. The minimum atomic E-state index is 0.632. The summed E-state index contributed by atoms with van der Waals surface area (Å²) in [5, 5.41) is 10.5. The Balaban J connectivity index is 1.81. The van der Waals surface area contributed by atoms with Crippen molar-refractivity contribution in [2.75, 3.05) is 0 Å². The highest BCUT2D eigenvalue weighted by molar-refractivity contribution is 7.98. The van der Waals surface area contributed by atoms with Crippen molar-refractivity contribution >= 4 is 35.0 Å². The van der Waals surface area contributed by atoms with Crippen LogP contribution < -0.4 is 0 Å². The van der Waals surface area contributed by atoms with E-state index in [1.165, 1.54) is 11.8 Å². The van der Waals surface area contributed by atoms with E-state index in [4.69, 9.17) is 23.2 Å². The summed E-state index contributed by atoms with van der Waals surface area (Å²) in [6.45, 7) is 0. The summed E-state index contributed by atoms with van der Waals surface area (Å²) in [5.41, 5.74) is 1.69. The van der Waals surface area contributed by atoms with Crippen LogP contribution in [0.2, 0.25) is 10.0 Å². The van der Waals surface area contributed by atoms with E-state index in [0.29, 0.717) is 15.8 Å². The van der Waals surface area contributed by atoms with Crippen LogP contribution in [-0.4, -0.2) is 19.7 Å². The molecule has 7 heteroatoms. The summed E-state index contributed by atoms with van der Waals surface area (Å²) in [7, 11) is 1.92. The van der Waals surface area contributed by atoms with E-state index in [9.17, 15) is 0 Å². The average Bonchev–Trinajstić information content (AvgIpc) is 2.89. The molecule has 3 rings (SSSR count). The van der Waals surface area contributed by atoms with Gasteiger partial charge in [0.1, 0.15) is 5.69 Å². The molecule has 1 aromatic carbocycles. The van der Waals surface area contributed by atoms with Gasteiger partial charge in [-0.25, -0.2) is 0 Å². The molecule has 0 spiro atoms. The van der Waals surface area contributed by atoms with Crippen molar-refractivity contribution in [3.05, 3.63) is 58.2 Å². The zero-order chi connectivity index (χ0) is 15.5. The monoisotopic (exact) mass is 350 g/mol. The molecule has 0 aliphatic rings. The lowest BCUT2D eigenvalue weighted by atomic mass is 10.2. The number of thioether (sulfide) groups is 1. The number of nitrogens with zero attached hydrogens (tertiary/aromatic N) is 4. The quantitative estimate of drug-likeness (QED) is 0.650. The van der Waals surface area contributed by atoms with Crippen LogP contribution in [0.15, 0.2) is 47.8 Å². The van der Waals surface area contributed by atoms with Gasteiger partial charge >= 0.3 is 0 Å². The highest BCUT2D eigenvalue weighted by atomic mass is 35.5. The maximum Gasteiger partial charge on any atom is 0.191 e. The fourth-order valence-corrected chi connectivity index (χ4v) is 3.62. The van der Waals surface area contributed by atoms with Crippen molar-refractivity contribution in [2.24, 2.45) is 7.05 Å². The van der Waals surface area contributed by atoms with Gasteiger partial charge in [0.25, 0.3) is 0 Å². The standard InChI is InChI=1S/C15H12Cl2N4S/c1-21-14(13-7-2-3-8-18-13)19-20-15(21)22-9-10-11(16)5-4-6-12(10)17/h2-8H,9H2,1H3. The Hall–Kier alpha value is -1.56. The molecule has 0 aliphatic heterocycles. The Morgan fingerprint density at radius 2 is 1.82 bits per heavy atom. The van der Waals surface area contributed by atoms with Gasteiger partial charge in [-0.1, -0.05) is 47.1 Å². The van der Waals surface area contributed by atoms with Crippen molar-refractivity contribution in [3.8, 4) is 11.5 Å². The number of halogens is 2. The van der Waals surface area contributed by atoms with Crippen LogP contribution >= 0.6 is 35.0 Å². The van der Waals surface area contributed by atoms with Crippen LogP contribution in [0.1, 0.15) is 5.56 Å². The Kier molecular flexibility index (Phi) is 4.66. The van der Waals surface area contributed by atoms with Gasteiger partial charge in [0.05, 0.1) is 0 Å². The molecule has 22 heavy (non-hydrogen) atoms. The largest absolute Gasteiger partial charge is 0.304 e. The molecule has 0 fully saturated rings. The van der Waals surface area contributed by atoms with Crippen LogP contribution in [0.4, 0.5) is 0 Å². The second-order valence-corrected chi connectivity index (χ2v) is 6.33. The smallest absolute Gasteiger partial charge is 0.191 e. The van der Waals surface area contributed by atoms with E-state index in [-0.39, 0.29) is 0 Å². The van der Waals surface area contributed by atoms with Crippen molar-refractivity contribution in [1.82, 2.24) is 19.7 Å². The lowest BCUT2D eigenvalue weighted by Crippen LogP contribution is -1.96. The predicted molar refractivity (Wildman–Crippen MR) is 90.3 cm³/mol. The van der Waals surface area contributed by atoms with E-state index in [0.717, 1.165) is 22.2 Å². The highest BCUT2D eigenvalue weighted by Crippen LogP contribution is 2.31. The topological polar surface area (TPSA) is 43.6 Å². The fraction of sp³-hybridized carbons (Fsp3) is 0.133. The van der Waals surface area contributed by atoms with E-state index in [2.05, 4.69) is 15.2 Å². The van der Waals surface area contributed by atoms with Crippen LogP contribution in [0.5, 0.6) is 0 Å². The predicted octanol–water partition coefficient (Wildman–Crippen LogP) is 4.48. The van der Waals surface area contributed by atoms with Gasteiger partial charge in [-0.3, -0.25) is 4.98 Å². The van der Waals surface area contributed by atoms with Gasteiger partial charge in [-0.15, -0.1) is 10.2 Å². The lowest BCUT2D eigenvalue weighted by Gasteiger charge is -2.06. The summed E-state index contributed by atoms with van der Waals surface area (Å²) < 4.78 is 1.91. The van der Waals surface area contributed by atoms with Crippen LogP contribution in [-0.2, 0) is 12.8 Å². The molecule has 0 atom stereocenters. The molecule has 0 unspecified atom stereocenters. The first kappa shape index (κ1) is 15.3. The third-order valence-corrected chi connectivity index (χ3v) is 4.89. The Morgan fingerprint density at radius 1 is 1.05 bits per heavy atom. The van der Waals surface area contributed by atoms with Gasteiger partial charge < -0.3 is 4.57 Å². The van der Waals surface area contributed by atoms with Crippen molar-refractivity contribution in [2.45, 2.75) is 10.9 Å². The third kappa shape index (κ3) is 3.11. The third-order valence-electron chi connectivity index (χ3n) is 3.14. The molecule has 0 N–H and O–H groups in total. The molecule has 2 aromatic heterocycles. The van der Waals surface area contributed by atoms with Crippen molar-refractivity contribution < 1.29 is 0 Å². The molecule has 0 amide bonds. The maximum absolute atomic E-state index is 6.19. The first-order chi connectivity index (χ1) is 10.7. The van der Waals surface area contributed by atoms with Crippen molar-refractivity contribution in [3.63, 3.8) is 0 Å². The molecule has 0 radical (unpaired) electrons. The lowest BCUT2D eigenvalue weighted by molar-refractivity contribution is 0.792. The molecule has 0 bridgehead atoms. The molecule has 4 nitrogen and oxygen atoms in total. The molecule has 112 valence electrons. The summed E-state index contributed by atoms with van der Waals surface area (Å²) in [6.07, 6.45) is 1.74. The molecular weight excluding hydrogens is 339 g/mol. The van der Waals surface area contributed by atoms with E-state index in [1.54, 1.807) is 6.20 Å². The van der Waals surface area contributed by atoms with E-state index in [1.807, 2.05) is 48.0 Å². The minimum Gasteiger partial charge on any atom is -0.304 e. The van der Waals surface area contributed by atoms with Gasteiger partial charge in [-0.2, -0.15) is 0 Å². The van der Waals surface area contributed by atoms with Crippen LogP contribution in [0.3, 0.4) is 0 Å². The van der Waals surface area contributed by atoms with E-state index < -0.39 is 0 Å². The highest BCUT2D eigenvalue weighted by Gasteiger charge is 2.13. The Morgan fingerprint density at radius 3 is 2.50 bits per heavy atom. The van der Waals surface area contributed by atoms with E-state index >= 15 is 0 Å². The normalized spacial score (nSPS) is 10.9. The first-order valence-electron chi connectivity index (χ1n) is 6.53. The Bertz CT molecular complexity index is 769. The minimum absolute atomic E-state index is 0.632. The van der Waals surface area contributed by atoms with Crippen LogP contribution in [0, 0.1) is 0 Å². The molecular formula is C15H12Cl2N4S. The SMILES string of the molecule is Cn1c(SCc2c(Cl)cccc2Cl)nnc1-c1ccccn1. The van der Waals surface area contributed by atoms with Gasteiger partial charge in [0.15, 0.2) is 11.0 Å². The summed E-state index contributed by atoms with van der Waals surface area (Å²) in [6, 6.07) is 11.2. The Labute approximate surface area is 142 Å². The van der Waals surface area contributed by atoms with Crippen LogP contribution in [0.25, 0.3) is 11.5 Å². The summed E-state index contributed by atoms with van der Waals surface area (Å²) in [5.74, 6) is 1.36. The molecule has 0 saturated heterocycles. The fourth-order valence-electron chi connectivity index (χ4n) is 1.97. The second kappa shape index (κ2) is 6.69.